The number of hydrogen-bond donors (Lipinski definition) is 1. The summed E-state index contributed by atoms with van der Waals surface area (Å²) in [6.07, 6.45) is 4.32. The van der Waals surface area contributed by atoms with Gasteiger partial charge in [-0.05, 0) is 24.1 Å². The Morgan fingerprint density at radius 1 is 1.14 bits per heavy atom. The normalized spacial score (nSPS) is 15.3. The van der Waals surface area contributed by atoms with Gasteiger partial charge in [-0.1, -0.05) is 12.1 Å². The third kappa shape index (κ3) is 5.40. The van der Waals surface area contributed by atoms with Crippen LogP contribution in [-0.2, 0) is 23.1 Å². The van der Waals surface area contributed by atoms with Crippen LogP contribution in [0.5, 0.6) is 0 Å². The van der Waals surface area contributed by atoms with E-state index < -0.39 is 0 Å². The Labute approximate surface area is 165 Å². The Morgan fingerprint density at radius 3 is 2.61 bits per heavy atom. The van der Waals surface area contributed by atoms with Crippen molar-refractivity contribution in [3.05, 3.63) is 47.8 Å². The first kappa shape index (κ1) is 20.0. The first-order valence-electron chi connectivity index (χ1n) is 9.43. The van der Waals surface area contributed by atoms with Crippen LogP contribution in [0.3, 0.4) is 0 Å². The zero-order valence-corrected chi connectivity index (χ0v) is 16.4. The smallest absolute Gasteiger partial charge is 0.255 e. The van der Waals surface area contributed by atoms with E-state index in [2.05, 4.69) is 15.3 Å². The number of aromatic nitrogens is 2. The Kier molecular flexibility index (Phi) is 6.78. The molecule has 1 aromatic carbocycles. The van der Waals surface area contributed by atoms with Gasteiger partial charge in [-0.25, -0.2) is 0 Å². The number of aryl methyl sites for hydroxylation is 1. The van der Waals surface area contributed by atoms with Crippen molar-refractivity contribution in [3.63, 3.8) is 0 Å². The van der Waals surface area contributed by atoms with E-state index in [0.717, 1.165) is 38.2 Å². The fourth-order valence-electron chi connectivity index (χ4n) is 3.30. The molecule has 1 aliphatic rings. The number of benzene rings is 1. The number of hydrogen-bond acceptors (Lipinski definition) is 5. The van der Waals surface area contributed by atoms with E-state index in [4.69, 9.17) is 4.74 Å². The topological polar surface area (TPSA) is 79.7 Å². The highest BCUT2D eigenvalue weighted by Gasteiger charge is 2.19. The molecule has 0 atom stereocenters. The van der Waals surface area contributed by atoms with Crippen molar-refractivity contribution < 1.29 is 14.3 Å². The lowest BCUT2D eigenvalue weighted by Gasteiger charge is -2.22. The van der Waals surface area contributed by atoms with Crippen LogP contribution in [0, 0.1) is 0 Å². The average molecular weight is 385 g/mol. The highest BCUT2D eigenvalue weighted by molar-refractivity contribution is 6.04. The van der Waals surface area contributed by atoms with E-state index in [0.29, 0.717) is 17.8 Å². The molecule has 3 rings (SSSR count). The van der Waals surface area contributed by atoms with Crippen molar-refractivity contribution in [1.29, 1.82) is 0 Å². The molecule has 2 heterocycles. The van der Waals surface area contributed by atoms with Crippen molar-refractivity contribution in [2.75, 3.05) is 45.2 Å². The van der Waals surface area contributed by atoms with Gasteiger partial charge in [-0.2, -0.15) is 5.10 Å². The van der Waals surface area contributed by atoms with Gasteiger partial charge in [-0.15, -0.1) is 0 Å². The maximum atomic E-state index is 12.3. The number of carbonyl (C=O) groups excluding carboxylic acids is 2. The molecule has 8 heteroatoms. The van der Waals surface area contributed by atoms with Gasteiger partial charge in [-0.3, -0.25) is 19.2 Å². The predicted molar refractivity (Wildman–Crippen MR) is 106 cm³/mol. The number of rotatable bonds is 6. The maximum Gasteiger partial charge on any atom is 0.255 e. The van der Waals surface area contributed by atoms with Gasteiger partial charge in [0.25, 0.3) is 5.91 Å². The minimum absolute atomic E-state index is 0.0494. The predicted octanol–water partition coefficient (Wildman–Crippen LogP) is 1.35. The van der Waals surface area contributed by atoms with Gasteiger partial charge in [0, 0.05) is 58.6 Å². The third-order valence-electron chi connectivity index (χ3n) is 4.79. The summed E-state index contributed by atoms with van der Waals surface area (Å²) in [5, 5.41) is 6.88. The summed E-state index contributed by atoms with van der Waals surface area (Å²) in [6, 6.07) is 7.65. The molecule has 1 saturated heterocycles. The van der Waals surface area contributed by atoms with E-state index in [1.54, 1.807) is 31.2 Å². The van der Waals surface area contributed by atoms with Crippen molar-refractivity contribution in [1.82, 2.24) is 19.6 Å². The summed E-state index contributed by atoms with van der Waals surface area (Å²) in [4.78, 5) is 28.5. The van der Waals surface area contributed by atoms with Crippen LogP contribution in [0.25, 0.3) is 0 Å². The molecule has 28 heavy (non-hydrogen) atoms. The molecular weight excluding hydrogens is 358 g/mol. The van der Waals surface area contributed by atoms with E-state index in [1.807, 2.05) is 29.2 Å². The molecule has 1 aromatic heterocycles. The lowest BCUT2D eigenvalue weighted by molar-refractivity contribution is -0.135. The molecule has 1 aliphatic heterocycles. The molecule has 0 unspecified atom stereocenters. The van der Waals surface area contributed by atoms with Gasteiger partial charge >= 0.3 is 0 Å². The Morgan fingerprint density at radius 2 is 1.93 bits per heavy atom. The Bertz CT molecular complexity index is 802. The maximum absolute atomic E-state index is 12.3. The van der Waals surface area contributed by atoms with Crippen LogP contribution in [-0.4, -0.2) is 71.3 Å². The second-order valence-corrected chi connectivity index (χ2v) is 7.00. The fourth-order valence-corrected chi connectivity index (χ4v) is 3.30. The van der Waals surface area contributed by atoms with Crippen molar-refractivity contribution in [2.24, 2.45) is 7.05 Å². The molecule has 1 fully saturated rings. The Hall–Kier alpha value is -2.71. The zero-order chi connectivity index (χ0) is 19.9. The zero-order valence-electron chi connectivity index (χ0n) is 16.4. The minimum Gasteiger partial charge on any atom is -0.375 e. The van der Waals surface area contributed by atoms with E-state index in [-0.39, 0.29) is 18.4 Å². The SMILES string of the molecule is COCC(=O)N1CCCN(Cc2ccc(C(=O)Nc3cnn(C)c3)cc2)CC1. The number of amides is 2. The van der Waals surface area contributed by atoms with E-state index in [1.165, 1.54) is 0 Å². The molecule has 0 aliphatic carbocycles. The quantitative estimate of drug-likeness (QED) is 0.812. The largest absolute Gasteiger partial charge is 0.375 e. The first-order chi connectivity index (χ1) is 13.5. The molecule has 150 valence electrons. The molecule has 0 saturated carbocycles. The second kappa shape index (κ2) is 9.48. The average Bonchev–Trinajstić information content (AvgIpc) is 2.95. The van der Waals surface area contributed by atoms with Gasteiger partial charge in [0.2, 0.25) is 5.91 Å². The van der Waals surface area contributed by atoms with Crippen LogP contribution in [0.15, 0.2) is 36.7 Å². The standard InChI is InChI=1S/C20H27N5O3/c1-23-14-18(12-21-23)22-20(27)17-6-4-16(5-7-17)13-24-8-3-9-25(11-10-24)19(26)15-28-2/h4-7,12,14H,3,8-11,13,15H2,1-2H3,(H,22,27). The van der Waals surface area contributed by atoms with Crippen molar-refractivity contribution in [2.45, 2.75) is 13.0 Å². The van der Waals surface area contributed by atoms with Gasteiger partial charge < -0.3 is 15.0 Å². The van der Waals surface area contributed by atoms with Crippen LogP contribution < -0.4 is 5.32 Å². The molecule has 2 amide bonds. The summed E-state index contributed by atoms with van der Waals surface area (Å²) in [5.74, 6) is -0.102. The summed E-state index contributed by atoms with van der Waals surface area (Å²) < 4.78 is 6.59. The fraction of sp³-hybridized carbons (Fsp3) is 0.450. The number of carbonyl (C=O) groups is 2. The van der Waals surface area contributed by atoms with Gasteiger partial charge in [0.05, 0.1) is 11.9 Å². The Balaban J connectivity index is 1.52. The number of nitrogens with one attached hydrogen (secondary N) is 1. The summed E-state index contributed by atoms with van der Waals surface area (Å²) >= 11 is 0. The first-order valence-corrected chi connectivity index (χ1v) is 9.43. The van der Waals surface area contributed by atoms with E-state index >= 15 is 0 Å². The molecule has 1 N–H and O–H groups in total. The molecular formula is C20H27N5O3. The lowest BCUT2D eigenvalue weighted by atomic mass is 10.1. The van der Waals surface area contributed by atoms with Crippen LogP contribution in [0.4, 0.5) is 5.69 Å². The number of ether oxygens (including phenoxy) is 1. The second-order valence-electron chi connectivity index (χ2n) is 7.00. The number of anilines is 1. The number of methoxy groups -OCH3 is 1. The molecule has 0 bridgehead atoms. The summed E-state index contributed by atoms with van der Waals surface area (Å²) in [7, 11) is 3.35. The van der Waals surface area contributed by atoms with Crippen molar-refractivity contribution in [3.8, 4) is 0 Å². The van der Waals surface area contributed by atoms with Crippen LogP contribution in [0.2, 0.25) is 0 Å². The minimum atomic E-state index is -0.151. The number of nitrogens with zero attached hydrogens (tertiary/aromatic N) is 4. The highest BCUT2D eigenvalue weighted by Crippen LogP contribution is 2.13. The molecule has 8 nitrogen and oxygen atoms in total. The summed E-state index contributed by atoms with van der Waals surface area (Å²) in [6.45, 7) is 4.21. The monoisotopic (exact) mass is 385 g/mol. The van der Waals surface area contributed by atoms with Gasteiger partial charge in [0.15, 0.2) is 0 Å². The van der Waals surface area contributed by atoms with Gasteiger partial charge in [0.1, 0.15) is 6.61 Å². The molecule has 2 aromatic rings. The highest BCUT2D eigenvalue weighted by atomic mass is 16.5. The van der Waals surface area contributed by atoms with Crippen LogP contribution >= 0.6 is 0 Å². The van der Waals surface area contributed by atoms with Crippen molar-refractivity contribution >= 4 is 17.5 Å². The van der Waals surface area contributed by atoms with E-state index in [9.17, 15) is 9.59 Å². The summed E-state index contributed by atoms with van der Waals surface area (Å²) in [5.41, 5.74) is 2.43. The molecule has 0 spiro atoms. The van der Waals surface area contributed by atoms with Crippen LogP contribution in [0.1, 0.15) is 22.3 Å². The molecule has 0 radical (unpaired) electrons. The lowest BCUT2D eigenvalue weighted by Crippen LogP contribution is -2.37. The third-order valence-corrected chi connectivity index (χ3v) is 4.79.